The van der Waals surface area contributed by atoms with Gasteiger partial charge in [-0.25, -0.2) is 4.68 Å². The fourth-order valence-electron chi connectivity index (χ4n) is 3.51. The Hall–Kier alpha value is -3.37. The zero-order valence-electron chi connectivity index (χ0n) is 18.4. The first-order valence-corrected chi connectivity index (χ1v) is 12.3. The van der Waals surface area contributed by atoms with Gasteiger partial charge >= 0.3 is 6.18 Å². The number of alkyl halides is 3. The molecule has 0 amide bonds. The molecule has 6 nitrogen and oxygen atoms in total. The van der Waals surface area contributed by atoms with Crippen molar-refractivity contribution in [1.29, 1.82) is 0 Å². The number of hydrogen-bond acceptors (Lipinski definition) is 3. The van der Waals surface area contributed by atoms with Crippen LogP contribution >= 0.6 is 11.6 Å². The van der Waals surface area contributed by atoms with Crippen LogP contribution in [0.15, 0.2) is 82.2 Å². The highest BCUT2D eigenvalue weighted by atomic mass is 35.5. The first-order chi connectivity index (χ1) is 16.6. The van der Waals surface area contributed by atoms with E-state index in [2.05, 4.69) is 20.9 Å². The van der Waals surface area contributed by atoms with Gasteiger partial charge in [-0.1, -0.05) is 42.0 Å². The number of aromatic nitrogens is 2. The largest absolute Gasteiger partial charge is 0.416 e. The molecule has 11 heteroatoms. The normalized spacial score (nSPS) is 14.7. The van der Waals surface area contributed by atoms with Crippen LogP contribution in [-0.2, 0) is 16.2 Å². The molecule has 2 aromatic carbocycles. The number of allylic oxidation sites excluding steroid dienone is 4. The molecule has 1 aliphatic rings. The molecule has 4 rings (SSSR count). The second-order valence-corrected chi connectivity index (χ2v) is 9.68. The minimum atomic E-state index is -4.58. The molecule has 0 saturated carbocycles. The van der Waals surface area contributed by atoms with Crippen molar-refractivity contribution < 1.29 is 21.6 Å². The maximum absolute atomic E-state index is 12.8. The van der Waals surface area contributed by atoms with Gasteiger partial charge in [0.25, 0.3) is 10.0 Å². The number of nitrogens with zero attached hydrogens (tertiary/aromatic N) is 3. The van der Waals surface area contributed by atoms with Crippen LogP contribution in [0.25, 0.3) is 16.8 Å². The average molecular weight is 521 g/mol. The van der Waals surface area contributed by atoms with Crippen LogP contribution in [-0.4, -0.2) is 31.2 Å². The summed E-state index contributed by atoms with van der Waals surface area (Å²) in [7, 11) is -2.85. The Morgan fingerprint density at radius 3 is 2.34 bits per heavy atom. The van der Waals surface area contributed by atoms with Crippen molar-refractivity contribution in [3.63, 3.8) is 0 Å². The van der Waals surface area contributed by atoms with Crippen molar-refractivity contribution in [2.24, 2.45) is 4.40 Å². The third-order valence-corrected chi connectivity index (χ3v) is 6.80. The van der Waals surface area contributed by atoms with Gasteiger partial charge in [0, 0.05) is 29.4 Å². The Balaban J connectivity index is 1.77. The molecule has 0 fully saturated rings. The Bertz CT molecular complexity index is 1420. The molecule has 0 radical (unpaired) electrons. The molecule has 0 bridgehead atoms. The Morgan fingerprint density at radius 1 is 1.09 bits per heavy atom. The lowest BCUT2D eigenvalue weighted by atomic mass is 9.97. The van der Waals surface area contributed by atoms with Crippen LogP contribution in [0.1, 0.15) is 24.0 Å². The van der Waals surface area contributed by atoms with Crippen molar-refractivity contribution in [2.45, 2.75) is 23.9 Å². The summed E-state index contributed by atoms with van der Waals surface area (Å²) in [5.41, 5.74) is 2.09. The third kappa shape index (κ3) is 5.49. The standard InChI is InChI=1S/C24H20ClF3N4O2S/c1-29-23(31-35(33,34)20-13-9-18(10-14-20)24(26,27)28)32-15-21(16-5-3-2-4-6-16)22(30-32)17-7-11-19(25)12-8-17/h3,5-15H,2,4H2,1H3,(H,29,31). The van der Waals surface area contributed by atoms with Gasteiger partial charge in [-0.3, -0.25) is 0 Å². The molecule has 0 unspecified atom stereocenters. The van der Waals surface area contributed by atoms with Crippen LogP contribution in [0, 0.1) is 0 Å². The van der Waals surface area contributed by atoms with E-state index in [1.54, 1.807) is 30.5 Å². The molecule has 0 spiro atoms. The Morgan fingerprint density at radius 2 is 1.77 bits per heavy atom. The van der Waals surface area contributed by atoms with E-state index in [0.29, 0.717) is 22.8 Å². The SMILES string of the molecule is CNC(=NS(=O)(=O)c1ccc(C(F)(F)F)cc1)n1cc(C2=CCCC=C2)c(-c2ccc(Cl)cc2)n1. The third-order valence-electron chi connectivity index (χ3n) is 5.26. The molecule has 0 aliphatic heterocycles. The summed E-state index contributed by atoms with van der Waals surface area (Å²) in [5.74, 6) is -0.119. The van der Waals surface area contributed by atoms with E-state index in [0.717, 1.165) is 41.7 Å². The van der Waals surface area contributed by atoms with Gasteiger partial charge < -0.3 is 5.32 Å². The van der Waals surface area contributed by atoms with E-state index >= 15 is 0 Å². The predicted octanol–water partition coefficient (Wildman–Crippen LogP) is 5.77. The van der Waals surface area contributed by atoms with E-state index in [9.17, 15) is 21.6 Å². The van der Waals surface area contributed by atoms with Crippen molar-refractivity contribution in [3.8, 4) is 11.3 Å². The van der Waals surface area contributed by atoms with Gasteiger partial charge in [-0.05, 0) is 54.8 Å². The Labute approximate surface area is 205 Å². The monoisotopic (exact) mass is 520 g/mol. The zero-order chi connectivity index (χ0) is 25.2. The lowest BCUT2D eigenvalue weighted by molar-refractivity contribution is -0.137. The van der Waals surface area contributed by atoms with Gasteiger partial charge in [-0.15, -0.1) is 4.40 Å². The number of benzene rings is 2. The quantitative estimate of drug-likeness (QED) is 0.350. The number of rotatable bonds is 4. The topological polar surface area (TPSA) is 76.3 Å². The zero-order valence-corrected chi connectivity index (χ0v) is 20.0. The number of sulfonamides is 1. The summed E-state index contributed by atoms with van der Waals surface area (Å²) in [6.45, 7) is 0. The van der Waals surface area contributed by atoms with Gasteiger partial charge in [0.15, 0.2) is 0 Å². The van der Waals surface area contributed by atoms with Crippen LogP contribution in [0.3, 0.4) is 0 Å². The summed E-state index contributed by atoms with van der Waals surface area (Å²) in [6, 6.07) is 10.2. The smallest absolute Gasteiger partial charge is 0.357 e. The molecule has 1 N–H and O–H groups in total. The minimum absolute atomic E-state index is 0.119. The van der Waals surface area contributed by atoms with Gasteiger partial charge in [0.1, 0.15) is 5.69 Å². The lowest BCUT2D eigenvalue weighted by Gasteiger charge is -2.08. The van der Waals surface area contributed by atoms with E-state index < -0.39 is 21.8 Å². The molecule has 1 aliphatic carbocycles. The summed E-state index contributed by atoms with van der Waals surface area (Å²) in [4.78, 5) is -0.374. The first-order valence-electron chi connectivity index (χ1n) is 10.5. The number of nitrogens with one attached hydrogen (secondary N) is 1. The summed E-state index contributed by atoms with van der Waals surface area (Å²) in [5, 5.41) is 7.85. The highest BCUT2D eigenvalue weighted by molar-refractivity contribution is 7.90. The first kappa shape index (κ1) is 24.7. The average Bonchev–Trinajstić information content (AvgIpc) is 3.28. The molecule has 3 aromatic rings. The summed E-state index contributed by atoms with van der Waals surface area (Å²) < 4.78 is 69.3. The van der Waals surface area contributed by atoms with Gasteiger partial charge in [-0.2, -0.15) is 26.7 Å². The maximum atomic E-state index is 12.8. The molecule has 0 saturated heterocycles. The molecule has 1 heterocycles. The Kier molecular flexibility index (Phi) is 6.86. The molecule has 1 aromatic heterocycles. The van der Waals surface area contributed by atoms with E-state index in [1.165, 1.54) is 11.7 Å². The van der Waals surface area contributed by atoms with Crippen molar-refractivity contribution in [1.82, 2.24) is 15.1 Å². The maximum Gasteiger partial charge on any atom is 0.416 e. The fourth-order valence-corrected chi connectivity index (χ4v) is 4.63. The van der Waals surface area contributed by atoms with Gasteiger partial charge in [0.05, 0.1) is 10.5 Å². The number of halogens is 4. The second kappa shape index (κ2) is 9.71. The molecule has 182 valence electrons. The molecule has 0 atom stereocenters. The summed E-state index contributed by atoms with van der Waals surface area (Å²) >= 11 is 6.02. The molecule has 35 heavy (non-hydrogen) atoms. The van der Waals surface area contributed by atoms with Crippen molar-refractivity contribution >= 4 is 33.2 Å². The van der Waals surface area contributed by atoms with Crippen molar-refractivity contribution in [2.75, 3.05) is 7.05 Å². The minimum Gasteiger partial charge on any atom is -0.357 e. The predicted molar refractivity (Wildman–Crippen MR) is 130 cm³/mol. The van der Waals surface area contributed by atoms with Crippen LogP contribution in [0.5, 0.6) is 0 Å². The highest BCUT2D eigenvalue weighted by Gasteiger charge is 2.30. The van der Waals surface area contributed by atoms with E-state index in [4.69, 9.17) is 11.6 Å². The lowest BCUT2D eigenvalue weighted by Crippen LogP contribution is -2.28. The van der Waals surface area contributed by atoms with Crippen LogP contribution in [0.4, 0.5) is 13.2 Å². The van der Waals surface area contributed by atoms with Gasteiger partial charge in [0.2, 0.25) is 5.96 Å². The number of hydrogen-bond donors (Lipinski definition) is 1. The van der Waals surface area contributed by atoms with Crippen molar-refractivity contribution in [3.05, 3.63) is 89.1 Å². The highest BCUT2D eigenvalue weighted by Crippen LogP contribution is 2.32. The van der Waals surface area contributed by atoms with Crippen LogP contribution in [0.2, 0.25) is 5.02 Å². The van der Waals surface area contributed by atoms with Crippen LogP contribution < -0.4 is 5.32 Å². The summed E-state index contributed by atoms with van der Waals surface area (Å²) in [6.07, 6.45) is 4.93. The molecular formula is C24H20ClF3N4O2S. The van der Waals surface area contributed by atoms with E-state index in [-0.39, 0.29) is 10.9 Å². The van der Waals surface area contributed by atoms with E-state index in [1.807, 2.05) is 12.2 Å². The fraction of sp³-hybridized carbons (Fsp3) is 0.167. The second-order valence-electron chi connectivity index (χ2n) is 7.64. The molecular weight excluding hydrogens is 501 g/mol.